The van der Waals surface area contributed by atoms with Gasteiger partial charge in [-0.1, -0.05) is 12.1 Å². The second kappa shape index (κ2) is 9.81. The highest BCUT2D eigenvalue weighted by Crippen LogP contribution is 2.40. The summed E-state index contributed by atoms with van der Waals surface area (Å²) in [5, 5.41) is 11.5. The summed E-state index contributed by atoms with van der Waals surface area (Å²) in [4.78, 5) is 36.6. The molecule has 1 aliphatic heterocycles. The molecule has 3 heterocycles. The second-order valence-electron chi connectivity index (χ2n) is 9.45. The van der Waals surface area contributed by atoms with Crippen LogP contribution in [0.5, 0.6) is 0 Å². The topological polar surface area (TPSA) is 94.5 Å². The Balaban J connectivity index is 1.45. The third-order valence-electron chi connectivity index (χ3n) is 6.54. The molecular weight excluding hydrogens is 551 g/mol. The van der Waals surface area contributed by atoms with Crippen LogP contribution >= 0.6 is 24.0 Å². The van der Waals surface area contributed by atoms with Gasteiger partial charge in [-0.25, -0.2) is 14.3 Å². The Labute approximate surface area is 229 Å². The number of aliphatic hydroxyl groups is 1. The SMILES string of the molecule is CC1(C)C(O)N(c2ccc(SC(F)(F)F)cc2)C(=O)N1Cc1ccnc(-n2c(=S)[nH]c3ccccc3c2=O)c1. The van der Waals surface area contributed by atoms with E-state index in [9.17, 15) is 27.9 Å². The number of rotatable bonds is 5. The minimum absolute atomic E-state index is 0.0323. The lowest BCUT2D eigenvalue weighted by Gasteiger charge is -2.32. The van der Waals surface area contributed by atoms with Crippen LogP contribution in [0.25, 0.3) is 16.7 Å². The smallest absolute Gasteiger partial charge is 0.371 e. The average Bonchev–Trinajstić information content (AvgIpc) is 3.03. The number of carbonyl (C=O) groups excluding carboxylic acids is 1. The predicted molar refractivity (Wildman–Crippen MR) is 144 cm³/mol. The lowest BCUT2D eigenvalue weighted by Crippen LogP contribution is -2.46. The first-order valence-corrected chi connectivity index (χ1v) is 12.9. The summed E-state index contributed by atoms with van der Waals surface area (Å²) in [5.41, 5.74) is -4.35. The number of nitrogens with one attached hydrogen (secondary N) is 1. The van der Waals surface area contributed by atoms with E-state index in [2.05, 4.69) is 9.97 Å². The van der Waals surface area contributed by atoms with Crippen molar-refractivity contribution in [1.29, 1.82) is 0 Å². The molecule has 1 saturated heterocycles. The van der Waals surface area contributed by atoms with Gasteiger partial charge >= 0.3 is 11.5 Å². The molecule has 0 radical (unpaired) electrons. The van der Waals surface area contributed by atoms with Gasteiger partial charge in [-0.3, -0.25) is 9.69 Å². The number of aliphatic hydroxyl groups excluding tert-OH is 1. The molecule has 13 heteroatoms. The molecule has 2 N–H and O–H groups in total. The number of halogens is 3. The fourth-order valence-corrected chi connectivity index (χ4v) is 5.33. The number of urea groups is 1. The number of amides is 2. The fourth-order valence-electron chi connectivity index (χ4n) is 4.50. The number of thioether (sulfide) groups is 1. The number of carbonyl (C=O) groups is 1. The Morgan fingerprint density at radius 3 is 2.49 bits per heavy atom. The first-order chi connectivity index (χ1) is 18.4. The molecule has 202 valence electrons. The quantitative estimate of drug-likeness (QED) is 0.239. The highest BCUT2D eigenvalue weighted by atomic mass is 32.2. The summed E-state index contributed by atoms with van der Waals surface area (Å²) in [7, 11) is 0. The van der Waals surface area contributed by atoms with Crippen LogP contribution in [0.15, 0.2) is 76.6 Å². The van der Waals surface area contributed by atoms with Crippen molar-refractivity contribution in [3.8, 4) is 5.82 Å². The van der Waals surface area contributed by atoms with E-state index in [-0.39, 0.29) is 45.0 Å². The molecular formula is C26H22F3N5O3S2. The Bertz CT molecular complexity index is 1690. The van der Waals surface area contributed by atoms with Crippen molar-refractivity contribution in [3.05, 3.63) is 87.5 Å². The van der Waals surface area contributed by atoms with Crippen LogP contribution < -0.4 is 10.5 Å². The number of aromatic nitrogens is 3. The van der Waals surface area contributed by atoms with Crippen molar-refractivity contribution in [1.82, 2.24) is 19.4 Å². The van der Waals surface area contributed by atoms with Gasteiger partial charge in [-0.05, 0) is 91.9 Å². The number of fused-ring (bicyclic) bond motifs is 1. The molecule has 2 aromatic carbocycles. The van der Waals surface area contributed by atoms with Crippen molar-refractivity contribution in [3.63, 3.8) is 0 Å². The summed E-state index contributed by atoms with van der Waals surface area (Å²) in [6, 6.07) is 15.0. The number of H-pyrrole nitrogens is 1. The molecule has 39 heavy (non-hydrogen) atoms. The van der Waals surface area contributed by atoms with E-state index in [0.29, 0.717) is 16.5 Å². The van der Waals surface area contributed by atoms with Crippen LogP contribution in [0.1, 0.15) is 19.4 Å². The molecule has 0 aliphatic carbocycles. The number of hydrogen-bond donors (Lipinski definition) is 2. The number of pyridine rings is 1. The van der Waals surface area contributed by atoms with Crippen molar-refractivity contribution in [2.75, 3.05) is 4.90 Å². The van der Waals surface area contributed by atoms with Crippen molar-refractivity contribution in [2.45, 2.75) is 42.6 Å². The zero-order valence-corrected chi connectivity index (χ0v) is 22.3. The van der Waals surface area contributed by atoms with Gasteiger partial charge in [0.25, 0.3) is 5.56 Å². The maximum Gasteiger partial charge on any atom is 0.446 e. The molecule has 4 aromatic rings. The van der Waals surface area contributed by atoms with Gasteiger partial charge < -0.3 is 15.0 Å². The molecule has 1 fully saturated rings. The Kier molecular flexibility index (Phi) is 6.77. The number of anilines is 1. The van der Waals surface area contributed by atoms with E-state index in [1.807, 2.05) is 0 Å². The summed E-state index contributed by atoms with van der Waals surface area (Å²) < 4.78 is 39.5. The van der Waals surface area contributed by atoms with Gasteiger partial charge in [0.15, 0.2) is 11.0 Å². The molecule has 1 atom stereocenters. The molecule has 1 unspecified atom stereocenters. The molecule has 0 bridgehead atoms. The zero-order chi connectivity index (χ0) is 28.1. The maximum atomic E-state index is 13.5. The zero-order valence-electron chi connectivity index (χ0n) is 20.6. The van der Waals surface area contributed by atoms with Crippen molar-refractivity contribution < 1.29 is 23.1 Å². The van der Waals surface area contributed by atoms with Crippen molar-refractivity contribution >= 4 is 46.6 Å². The minimum Gasteiger partial charge on any atom is -0.371 e. The Hall–Kier alpha value is -3.68. The largest absolute Gasteiger partial charge is 0.446 e. The van der Waals surface area contributed by atoms with Crippen molar-refractivity contribution in [2.24, 2.45) is 0 Å². The van der Waals surface area contributed by atoms with Gasteiger partial charge in [0.2, 0.25) is 0 Å². The lowest BCUT2D eigenvalue weighted by atomic mass is 10.0. The molecule has 2 amide bonds. The second-order valence-corrected chi connectivity index (χ2v) is 11.0. The Morgan fingerprint density at radius 2 is 1.79 bits per heavy atom. The standard InChI is InChI=1S/C26H22F3N5O3S2/c1-25(2)22(36)33(16-7-9-17(10-8-16)39-26(27,28)29)24(37)32(25)14-15-11-12-30-20(13-15)34-21(35)18-5-3-4-6-19(18)31-23(34)38/h3-13,22,36H,14H2,1-2H3,(H,31,38). The van der Waals surface area contributed by atoms with Crippen LogP contribution in [0.4, 0.5) is 23.7 Å². The minimum atomic E-state index is -4.44. The van der Waals surface area contributed by atoms with Gasteiger partial charge in [-0.15, -0.1) is 0 Å². The average molecular weight is 574 g/mol. The van der Waals surface area contributed by atoms with Gasteiger partial charge in [0, 0.05) is 23.3 Å². The highest BCUT2D eigenvalue weighted by Gasteiger charge is 2.51. The first kappa shape index (κ1) is 26.9. The number of aromatic amines is 1. The number of alkyl halides is 3. The molecule has 0 saturated carbocycles. The molecule has 0 spiro atoms. The van der Waals surface area contributed by atoms with Gasteiger partial charge in [0.05, 0.1) is 16.4 Å². The van der Waals surface area contributed by atoms with Crippen LogP contribution in [0.3, 0.4) is 0 Å². The first-order valence-electron chi connectivity index (χ1n) is 11.7. The van der Waals surface area contributed by atoms with Gasteiger partial charge in [-0.2, -0.15) is 13.2 Å². The predicted octanol–water partition coefficient (Wildman–Crippen LogP) is 5.59. The number of hydrogen-bond acceptors (Lipinski definition) is 6. The fraction of sp³-hybridized carbons (Fsp3) is 0.231. The number of nitrogens with zero attached hydrogens (tertiary/aromatic N) is 4. The molecule has 8 nitrogen and oxygen atoms in total. The van der Waals surface area contributed by atoms with E-state index in [4.69, 9.17) is 12.2 Å². The van der Waals surface area contributed by atoms with E-state index in [1.165, 1.54) is 39.9 Å². The van der Waals surface area contributed by atoms with Crippen LogP contribution in [-0.4, -0.2) is 47.8 Å². The summed E-state index contributed by atoms with van der Waals surface area (Å²) in [6.07, 6.45) is 0.226. The molecule has 5 rings (SSSR count). The van der Waals surface area contributed by atoms with E-state index < -0.39 is 23.3 Å². The highest BCUT2D eigenvalue weighted by molar-refractivity contribution is 8.00. The number of benzene rings is 2. The summed E-state index contributed by atoms with van der Waals surface area (Å²) >= 11 is 5.15. The molecule has 2 aromatic heterocycles. The van der Waals surface area contributed by atoms with E-state index in [1.54, 1.807) is 50.2 Å². The van der Waals surface area contributed by atoms with Crippen LogP contribution in [0.2, 0.25) is 0 Å². The monoisotopic (exact) mass is 573 g/mol. The van der Waals surface area contributed by atoms with Gasteiger partial charge in [0.1, 0.15) is 5.82 Å². The normalized spacial score (nSPS) is 17.3. The summed E-state index contributed by atoms with van der Waals surface area (Å²) in [6.45, 7) is 3.45. The maximum absolute atomic E-state index is 13.5. The molecule has 1 aliphatic rings. The lowest BCUT2D eigenvalue weighted by molar-refractivity contribution is -0.0328. The summed E-state index contributed by atoms with van der Waals surface area (Å²) in [5.74, 6) is 0.268. The van der Waals surface area contributed by atoms with Crippen LogP contribution in [-0.2, 0) is 6.54 Å². The third kappa shape index (κ3) is 5.04. The van der Waals surface area contributed by atoms with Crippen LogP contribution in [0, 0.1) is 4.77 Å². The number of para-hydroxylation sites is 1. The Morgan fingerprint density at radius 1 is 1.10 bits per heavy atom. The van der Waals surface area contributed by atoms with E-state index in [0.717, 1.165) is 4.90 Å². The third-order valence-corrected chi connectivity index (χ3v) is 7.57. The van der Waals surface area contributed by atoms with E-state index >= 15 is 0 Å².